The van der Waals surface area contributed by atoms with Crippen molar-refractivity contribution in [1.29, 1.82) is 0 Å². The summed E-state index contributed by atoms with van der Waals surface area (Å²) in [5, 5.41) is 6.98. The molecular weight excluding hydrogens is 300 g/mol. The van der Waals surface area contributed by atoms with Crippen molar-refractivity contribution in [1.82, 2.24) is 10.6 Å². The lowest BCUT2D eigenvalue weighted by atomic mass is 9.87. The summed E-state index contributed by atoms with van der Waals surface area (Å²) in [7, 11) is 0. The maximum Gasteiger partial charge on any atom is 0.223 e. The summed E-state index contributed by atoms with van der Waals surface area (Å²) < 4.78 is 5.56. The Morgan fingerprint density at radius 2 is 1.79 bits per heavy atom. The minimum Gasteiger partial charge on any atom is -0.381 e. The van der Waals surface area contributed by atoms with E-state index < -0.39 is 0 Å². The molecule has 0 aromatic heterocycles. The third-order valence-corrected chi connectivity index (χ3v) is 5.23. The van der Waals surface area contributed by atoms with Crippen molar-refractivity contribution in [2.45, 2.75) is 58.0 Å². The first kappa shape index (κ1) is 18.9. The first-order valence-corrected chi connectivity index (χ1v) is 9.28. The summed E-state index contributed by atoms with van der Waals surface area (Å²) in [4.78, 5) is 12.4. The highest BCUT2D eigenvalue weighted by atomic mass is 16.5. The van der Waals surface area contributed by atoms with Crippen molar-refractivity contribution in [3.63, 3.8) is 0 Å². The van der Waals surface area contributed by atoms with Crippen LogP contribution in [-0.4, -0.2) is 31.2 Å². The molecule has 0 aliphatic carbocycles. The normalized spacial score (nSPS) is 18.3. The van der Waals surface area contributed by atoms with E-state index in [1.807, 2.05) is 6.07 Å². The Kier molecular flexibility index (Phi) is 7.25. The van der Waals surface area contributed by atoms with Crippen LogP contribution < -0.4 is 10.6 Å². The van der Waals surface area contributed by atoms with Crippen molar-refractivity contribution >= 4 is 5.91 Å². The second-order valence-electron chi connectivity index (χ2n) is 6.90. The molecule has 2 rings (SSSR count). The van der Waals surface area contributed by atoms with Crippen molar-refractivity contribution in [2.75, 3.05) is 19.8 Å². The van der Waals surface area contributed by atoms with Gasteiger partial charge in [0.25, 0.3) is 0 Å². The Balaban J connectivity index is 2.02. The number of carbonyl (C=O) groups excluding carboxylic acids is 1. The van der Waals surface area contributed by atoms with Gasteiger partial charge in [0.1, 0.15) is 0 Å². The highest BCUT2D eigenvalue weighted by Gasteiger charge is 2.34. The van der Waals surface area contributed by atoms with E-state index in [0.29, 0.717) is 6.54 Å². The Hall–Kier alpha value is -1.39. The van der Waals surface area contributed by atoms with Crippen LogP contribution in [0.15, 0.2) is 30.3 Å². The number of hydrogen-bond donors (Lipinski definition) is 2. The number of rotatable bonds is 8. The molecule has 1 amide bonds. The third kappa shape index (κ3) is 5.05. The number of ether oxygens (including phenoxy) is 1. The Bertz CT molecular complexity index is 494. The fourth-order valence-corrected chi connectivity index (χ4v) is 3.48. The van der Waals surface area contributed by atoms with E-state index >= 15 is 0 Å². The molecule has 4 heteroatoms. The first-order valence-electron chi connectivity index (χ1n) is 9.28. The average Bonchev–Trinajstić information content (AvgIpc) is 2.62. The van der Waals surface area contributed by atoms with Gasteiger partial charge in [-0.05, 0) is 38.2 Å². The third-order valence-electron chi connectivity index (χ3n) is 5.23. The molecule has 1 aromatic rings. The van der Waals surface area contributed by atoms with Crippen molar-refractivity contribution in [2.24, 2.45) is 5.92 Å². The van der Waals surface area contributed by atoms with Crippen molar-refractivity contribution in [3.05, 3.63) is 35.9 Å². The second kappa shape index (κ2) is 9.19. The molecule has 0 saturated carbocycles. The summed E-state index contributed by atoms with van der Waals surface area (Å²) in [6.45, 7) is 8.50. The second-order valence-corrected chi connectivity index (χ2v) is 6.90. The van der Waals surface area contributed by atoms with Gasteiger partial charge in [0.2, 0.25) is 5.91 Å². The van der Waals surface area contributed by atoms with Crippen molar-refractivity contribution < 1.29 is 9.53 Å². The molecule has 134 valence electrons. The smallest absolute Gasteiger partial charge is 0.223 e. The highest BCUT2D eigenvalue weighted by Crippen LogP contribution is 2.25. The molecule has 0 spiro atoms. The lowest BCUT2D eigenvalue weighted by molar-refractivity contribution is -0.125. The number of benzene rings is 1. The number of hydrogen-bond acceptors (Lipinski definition) is 3. The van der Waals surface area contributed by atoms with Crippen LogP contribution in [0, 0.1) is 5.92 Å². The number of carbonyl (C=O) groups is 1. The molecule has 1 aliphatic rings. The Morgan fingerprint density at radius 3 is 2.38 bits per heavy atom. The number of nitrogens with one attached hydrogen (secondary N) is 2. The van der Waals surface area contributed by atoms with Crippen LogP contribution in [0.2, 0.25) is 0 Å². The molecule has 4 nitrogen and oxygen atoms in total. The molecule has 1 heterocycles. The standard InChI is InChI=1S/C20H32N2O2/c1-4-17(5-2)19(23)21-15-20(11-13-24-14-12-20)22-16(3)18-9-7-6-8-10-18/h6-10,16-17,22H,4-5,11-15H2,1-3H3,(H,21,23)/t16-/m0/s1. The van der Waals surface area contributed by atoms with Gasteiger partial charge in [0.05, 0.1) is 0 Å². The molecule has 1 aromatic carbocycles. The largest absolute Gasteiger partial charge is 0.381 e. The lowest BCUT2D eigenvalue weighted by Gasteiger charge is -2.41. The molecular formula is C20H32N2O2. The molecule has 2 N–H and O–H groups in total. The molecule has 1 saturated heterocycles. The van der Waals surface area contributed by atoms with Crippen LogP contribution in [0.25, 0.3) is 0 Å². The molecule has 0 radical (unpaired) electrons. The van der Waals surface area contributed by atoms with E-state index in [2.05, 4.69) is 55.7 Å². The van der Waals surface area contributed by atoms with E-state index in [-0.39, 0.29) is 23.4 Å². The highest BCUT2D eigenvalue weighted by molar-refractivity contribution is 5.78. The van der Waals surface area contributed by atoms with Gasteiger partial charge >= 0.3 is 0 Å². The van der Waals surface area contributed by atoms with Gasteiger partial charge < -0.3 is 15.4 Å². The van der Waals surface area contributed by atoms with Crippen LogP contribution >= 0.6 is 0 Å². The molecule has 1 atom stereocenters. The van der Waals surface area contributed by atoms with Crippen LogP contribution in [0.5, 0.6) is 0 Å². The number of amides is 1. The molecule has 1 fully saturated rings. The summed E-state index contributed by atoms with van der Waals surface area (Å²) in [6.07, 6.45) is 3.64. The lowest BCUT2D eigenvalue weighted by Crippen LogP contribution is -2.57. The van der Waals surface area contributed by atoms with Gasteiger partial charge in [-0.2, -0.15) is 0 Å². The van der Waals surface area contributed by atoms with Gasteiger partial charge in [0, 0.05) is 37.3 Å². The monoisotopic (exact) mass is 332 g/mol. The molecule has 24 heavy (non-hydrogen) atoms. The Morgan fingerprint density at radius 1 is 1.17 bits per heavy atom. The predicted molar refractivity (Wildman–Crippen MR) is 97.9 cm³/mol. The minimum absolute atomic E-state index is 0.0881. The molecule has 0 bridgehead atoms. The molecule has 1 aliphatic heterocycles. The maximum atomic E-state index is 12.4. The zero-order chi connectivity index (χ0) is 17.4. The summed E-state index contributed by atoms with van der Waals surface area (Å²) in [6, 6.07) is 10.7. The minimum atomic E-state index is -0.0881. The van der Waals surface area contributed by atoms with Gasteiger partial charge in [-0.15, -0.1) is 0 Å². The topological polar surface area (TPSA) is 50.4 Å². The fourth-order valence-electron chi connectivity index (χ4n) is 3.48. The first-order chi connectivity index (χ1) is 11.6. The van der Waals surface area contributed by atoms with Gasteiger partial charge in [-0.1, -0.05) is 44.2 Å². The Labute approximate surface area is 146 Å². The van der Waals surface area contributed by atoms with E-state index in [4.69, 9.17) is 4.74 Å². The summed E-state index contributed by atoms with van der Waals surface area (Å²) in [5.41, 5.74) is 1.18. The SMILES string of the molecule is CCC(CC)C(=O)NCC1(N[C@@H](C)c2ccccc2)CCOCC1. The van der Waals surface area contributed by atoms with Crippen molar-refractivity contribution in [3.8, 4) is 0 Å². The quantitative estimate of drug-likeness (QED) is 0.767. The van der Waals surface area contributed by atoms with Gasteiger partial charge in [-0.3, -0.25) is 4.79 Å². The van der Waals surface area contributed by atoms with E-state index in [0.717, 1.165) is 38.9 Å². The van der Waals surface area contributed by atoms with Crippen LogP contribution in [0.1, 0.15) is 58.1 Å². The van der Waals surface area contributed by atoms with Crippen LogP contribution in [-0.2, 0) is 9.53 Å². The van der Waals surface area contributed by atoms with Gasteiger partial charge in [-0.25, -0.2) is 0 Å². The average molecular weight is 332 g/mol. The van der Waals surface area contributed by atoms with Crippen LogP contribution in [0.3, 0.4) is 0 Å². The fraction of sp³-hybridized carbons (Fsp3) is 0.650. The van der Waals surface area contributed by atoms with E-state index in [1.54, 1.807) is 0 Å². The molecule has 0 unspecified atom stereocenters. The van der Waals surface area contributed by atoms with Gasteiger partial charge in [0.15, 0.2) is 0 Å². The summed E-state index contributed by atoms with van der Waals surface area (Å²) in [5.74, 6) is 0.300. The summed E-state index contributed by atoms with van der Waals surface area (Å²) >= 11 is 0. The zero-order valence-corrected chi connectivity index (χ0v) is 15.3. The maximum absolute atomic E-state index is 12.4. The van der Waals surface area contributed by atoms with E-state index in [9.17, 15) is 4.79 Å². The van der Waals surface area contributed by atoms with E-state index in [1.165, 1.54) is 5.56 Å². The zero-order valence-electron chi connectivity index (χ0n) is 15.3. The predicted octanol–water partition coefficient (Wildman–Crippen LogP) is 3.44. The van der Waals surface area contributed by atoms with Crippen LogP contribution in [0.4, 0.5) is 0 Å².